The number of rotatable bonds is 3. The molecule has 6 nitrogen and oxygen atoms in total. The van der Waals surface area contributed by atoms with Crippen molar-refractivity contribution in [1.29, 1.82) is 0 Å². The first-order valence-electron chi connectivity index (χ1n) is 6.13. The summed E-state index contributed by atoms with van der Waals surface area (Å²) < 4.78 is 1.65. The van der Waals surface area contributed by atoms with Gasteiger partial charge in [0.05, 0.1) is 5.69 Å². The molecular weight excluding hydrogens is 276 g/mol. The van der Waals surface area contributed by atoms with Crippen LogP contribution >= 0.6 is 11.6 Å². The molecule has 0 aliphatic rings. The molecule has 0 atom stereocenters. The Bertz CT molecular complexity index is 749. The molecule has 1 aromatic carbocycles. The van der Waals surface area contributed by atoms with Crippen LogP contribution in [0.3, 0.4) is 0 Å². The van der Waals surface area contributed by atoms with Crippen LogP contribution in [0, 0.1) is 0 Å². The number of nitrogens with zero attached hydrogens (tertiary/aromatic N) is 4. The highest BCUT2D eigenvalue weighted by atomic mass is 35.5. The number of aryl methyl sites for hydroxylation is 2. The van der Waals surface area contributed by atoms with Gasteiger partial charge in [0.15, 0.2) is 5.82 Å². The van der Waals surface area contributed by atoms with E-state index in [2.05, 4.69) is 15.2 Å². The van der Waals surface area contributed by atoms with Crippen LogP contribution in [0.1, 0.15) is 11.3 Å². The molecule has 0 unspecified atom stereocenters. The molecule has 0 aliphatic heterocycles. The zero-order chi connectivity index (χ0) is 14.1. The summed E-state index contributed by atoms with van der Waals surface area (Å²) in [5.74, 6) is 0.643. The molecule has 2 heterocycles. The fourth-order valence-electron chi connectivity index (χ4n) is 2.03. The predicted molar refractivity (Wildman–Crippen MR) is 78.5 cm³/mol. The minimum absolute atomic E-state index is 0.307. The SMILES string of the molecule is Nc1nc(CCc2ccc(Cl)cc2)cn2c(N)nnc12. The Balaban J connectivity index is 1.83. The molecule has 7 heteroatoms. The van der Waals surface area contributed by atoms with Crippen molar-refractivity contribution in [2.45, 2.75) is 12.8 Å². The largest absolute Gasteiger partial charge is 0.381 e. The fraction of sp³-hybridized carbons (Fsp3) is 0.154. The van der Waals surface area contributed by atoms with Crippen molar-refractivity contribution >= 4 is 29.0 Å². The van der Waals surface area contributed by atoms with E-state index < -0.39 is 0 Å². The maximum atomic E-state index is 5.86. The van der Waals surface area contributed by atoms with Crippen LogP contribution in [0.15, 0.2) is 30.5 Å². The predicted octanol–water partition coefficient (Wildman–Crippen LogP) is 1.73. The van der Waals surface area contributed by atoms with Gasteiger partial charge in [0.25, 0.3) is 0 Å². The van der Waals surface area contributed by atoms with Gasteiger partial charge in [0, 0.05) is 11.2 Å². The second kappa shape index (κ2) is 4.97. The van der Waals surface area contributed by atoms with Crippen molar-refractivity contribution in [3.63, 3.8) is 0 Å². The minimum Gasteiger partial charge on any atom is -0.381 e. The number of hydrogen-bond acceptors (Lipinski definition) is 5. The van der Waals surface area contributed by atoms with Crippen molar-refractivity contribution in [1.82, 2.24) is 19.6 Å². The Hall–Kier alpha value is -2.34. The number of nitrogens with two attached hydrogens (primary N) is 2. The number of benzene rings is 1. The zero-order valence-corrected chi connectivity index (χ0v) is 11.4. The first-order chi connectivity index (χ1) is 9.63. The van der Waals surface area contributed by atoms with Crippen molar-refractivity contribution in [2.75, 3.05) is 11.5 Å². The second-order valence-electron chi connectivity index (χ2n) is 4.50. The smallest absolute Gasteiger partial charge is 0.226 e. The molecule has 4 N–H and O–H groups in total. The van der Waals surface area contributed by atoms with Crippen molar-refractivity contribution in [2.24, 2.45) is 0 Å². The van der Waals surface area contributed by atoms with Gasteiger partial charge in [-0.3, -0.25) is 4.40 Å². The number of aromatic nitrogens is 4. The zero-order valence-electron chi connectivity index (χ0n) is 10.6. The monoisotopic (exact) mass is 288 g/mol. The summed E-state index contributed by atoms with van der Waals surface area (Å²) in [6, 6.07) is 7.74. The molecule has 3 rings (SSSR count). The van der Waals surface area contributed by atoms with Crippen LogP contribution in [0.2, 0.25) is 5.02 Å². The Labute approximate surface area is 120 Å². The molecular formula is C13H13ClN6. The Morgan fingerprint density at radius 3 is 2.55 bits per heavy atom. The second-order valence-corrected chi connectivity index (χ2v) is 4.93. The van der Waals surface area contributed by atoms with Crippen LogP contribution in [0.25, 0.3) is 5.65 Å². The summed E-state index contributed by atoms with van der Waals surface area (Å²) in [6.45, 7) is 0. The quantitative estimate of drug-likeness (QED) is 0.765. The third-order valence-electron chi connectivity index (χ3n) is 3.08. The van der Waals surface area contributed by atoms with Gasteiger partial charge in [0.1, 0.15) is 0 Å². The molecule has 0 bridgehead atoms. The molecule has 102 valence electrons. The third kappa shape index (κ3) is 2.37. The lowest BCUT2D eigenvalue weighted by molar-refractivity contribution is 0.897. The molecule has 20 heavy (non-hydrogen) atoms. The van der Waals surface area contributed by atoms with E-state index in [1.54, 1.807) is 4.40 Å². The number of nitrogen functional groups attached to an aromatic ring is 2. The van der Waals surface area contributed by atoms with E-state index in [1.807, 2.05) is 30.5 Å². The lowest BCUT2D eigenvalue weighted by atomic mass is 10.1. The number of hydrogen-bond donors (Lipinski definition) is 2. The van der Waals surface area contributed by atoms with Gasteiger partial charge in [-0.2, -0.15) is 0 Å². The number of fused-ring (bicyclic) bond motifs is 1. The van der Waals surface area contributed by atoms with Gasteiger partial charge in [-0.15, -0.1) is 10.2 Å². The van der Waals surface area contributed by atoms with Crippen LogP contribution < -0.4 is 11.5 Å². The van der Waals surface area contributed by atoms with E-state index in [4.69, 9.17) is 23.1 Å². The normalized spacial score (nSPS) is 11.1. The number of anilines is 2. The maximum Gasteiger partial charge on any atom is 0.226 e. The van der Waals surface area contributed by atoms with E-state index in [0.717, 1.165) is 23.6 Å². The van der Waals surface area contributed by atoms with Crippen molar-refractivity contribution in [3.8, 4) is 0 Å². The Morgan fingerprint density at radius 2 is 1.80 bits per heavy atom. The molecule has 0 saturated heterocycles. The van der Waals surface area contributed by atoms with Crippen LogP contribution in [0.4, 0.5) is 11.8 Å². The van der Waals surface area contributed by atoms with Gasteiger partial charge >= 0.3 is 0 Å². The Morgan fingerprint density at radius 1 is 1.05 bits per heavy atom. The molecule has 2 aromatic heterocycles. The van der Waals surface area contributed by atoms with Crippen LogP contribution in [-0.4, -0.2) is 19.6 Å². The summed E-state index contributed by atoms with van der Waals surface area (Å²) in [5.41, 5.74) is 14.1. The highest BCUT2D eigenvalue weighted by Crippen LogP contribution is 2.15. The van der Waals surface area contributed by atoms with Crippen molar-refractivity contribution < 1.29 is 0 Å². The molecule has 0 fully saturated rings. The van der Waals surface area contributed by atoms with E-state index in [9.17, 15) is 0 Å². The molecule has 0 saturated carbocycles. The first kappa shape index (κ1) is 12.7. The van der Waals surface area contributed by atoms with E-state index in [-0.39, 0.29) is 0 Å². The topological polar surface area (TPSA) is 95.1 Å². The average Bonchev–Trinajstić information content (AvgIpc) is 2.81. The lowest BCUT2D eigenvalue weighted by Crippen LogP contribution is -2.04. The van der Waals surface area contributed by atoms with Crippen LogP contribution in [-0.2, 0) is 12.8 Å². The van der Waals surface area contributed by atoms with E-state index >= 15 is 0 Å². The van der Waals surface area contributed by atoms with Gasteiger partial charge in [-0.25, -0.2) is 4.98 Å². The molecule has 3 aromatic rings. The summed E-state index contributed by atoms with van der Waals surface area (Å²) in [5, 5.41) is 8.39. The van der Waals surface area contributed by atoms with Crippen LogP contribution in [0.5, 0.6) is 0 Å². The van der Waals surface area contributed by atoms with Gasteiger partial charge in [-0.1, -0.05) is 23.7 Å². The van der Waals surface area contributed by atoms with E-state index in [1.165, 1.54) is 5.56 Å². The Kier molecular flexibility index (Phi) is 3.15. The lowest BCUT2D eigenvalue weighted by Gasteiger charge is -2.05. The molecule has 0 spiro atoms. The maximum absolute atomic E-state index is 5.86. The summed E-state index contributed by atoms with van der Waals surface area (Å²) in [4.78, 5) is 4.32. The van der Waals surface area contributed by atoms with Gasteiger partial charge in [0.2, 0.25) is 11.6 Å². The highest BCUT2D eigenvalue weighted by molar-refractivity contribution is 6.30. The standard InChI is InChI=1S/C13H13ClN6/c14-9-4-1-8(2-5-9)3-6-10-7-20-12(11(15)17-10)18-19-13(20)16/h1-2,4-5,7H,3,6H2,(H2,15,17)(H2,16,19). The summed E-state index contributed by atoms with van der Waals surface area (Å²) in [7, 11) is 0. The van der Waals surface area contributed by atoms with Gasteiger partial charge in [-0.05, 0) is 30.5 Å². The number of halogens is 1. The highest BCUT2D eigenvalue weighted by Gasteiger charge is 2.08. The molecule has 0 aliphatic carbocycles. The van der Waals surface area contributed by atoms with Crippen molar-refractivity contribution in [3.05, 3.63) is 46.7 Å². The molecule has 0 amide bonds. The summed E-state index contributed by atoms with van der Waals surface area (Å²) in [6.07, 6.45) is 3.41. The molecule has 0 radical (unpaired) electrons. The summed E-state index contributed by atoms with van der Waals surface area (Å²) >= 11 is 5.86. The van der Waals surface area contributed by atoms with E-state index in [0.29, 0.717) is 17.4 Å². The van der Waals surface area contributed by atoms with Gasteiger partial charge < -0.3 is 11.5 Å². The average molecular weight is 289 g/mol. The first-order valence-corrected chi connectivity index (χ1v) is 6.51. The fourth-order valence-corrected chi connectivity index (χ4v) is 2.16. The third-order valence-corrected chi connectivity index (χ3v) is 3.33. The minimum atomic E-state index is 0.307.